The molecule has 5 nitrogen and oxygen atoms in total. The number of aromatic nitrogens is 2. The average Bonchev–Trinajstić information content (AvgIpc) is 3.04. The van der Waals surface area contributed by atoms with Gasteiger partial charge in [0.1, 0.15) is 5.82 Å². The van der Waals surface area contributed by atoms with Crippen LogP contribution in [0.2, 0.25) is 0 Å². The first-order valence-corrected chi connectivity index (χ1v) is 8.39. The molecule has 2 N–H and O–H groups in total. The molecule has 19 heavy (non-hydrogen) atoms. The van der Waals surface area contributed by atoms with Crippen LogP contribution >= 0.6 is 23.3 Å². The summed E-state index contributed by atoms with van der Waals surface area (Å²) >= 11 is 3.20. The summed E-state index contributed by atoms with van der Waals surface area (Å²) in [6, 6.07) is 0.178. The Morgan fingerprint density at radius 2 is 2.26 bits per heavy atom. The Morgan fingerprint density at radius 3 is 2.95 bits per heavy atom. The maximum Gasteiger partial charge on any atom is 0.170 e. The third-order valence-electron chi connectivity index (χ3n) is 3.68. The Hall–Kier alpha value is -0.210. The van der Waals surface area contributed by atoms with Crippen LogP contribution in [-0.2, 0) is 15.9 Å². The molecule has 1 aromatic heterocycles. The van der Waals surface area contributed by atoms with Crippen LogP contribution in [0, 0.1) is 0 Å². The molecule has 1 aliphatic carbocycles. The molecule has 0 amide bonds. The van der Waals surface area contributed by atoms with E-state index in [0.717, 1.165) is 35.8 Å². The lowest BCUT2D eigenvalue weighted by Gasteiger charge is -2.38. The van der Waals surface area contributed by atoms with Crippen molar-refractivity contribution < 1.29 is 9.47 Å². The van der Waals surface area contributed by atoms with Gasteiger partial charge in [0, 0.05) is 30.6 Å². The number of thioether (sulfide) groups is 1. The van der Waals surface area contributed by atoms with E-state index < -0.39 is 0 Å². The van der Waals surface area contributed by atoms with E-state index in [1.165, 1.54) is 11.5 Å². The summed E-state index contributed by atoms with van der Waals surface area (Å²) < 4.78 is 16.9. The SMILES string of the molecule is CCc1nsc(SC2CC3(CCC2N)OCCO3)n1. The monoisotopic (exact) mass is 301 g/mol. The van der Waals surface area contributed by atoms with Crippen LogP contribution in [0.4, 0.5) is 0 Å². The fourth-order valence-corrected chi connectivity index (χ4v) is 4.80. The molecule has 2 aliphatic rings. The van der Waals surface area contributed by atoms with Gasteiger partial charge in [0.2, 0.25) is 0 Å². The molecule has 3 rings (SSSR count). The Bertz CT molecular complexity index is 434. The summed E-state index contributed by atoms with van der Waals surface area (Å²) in [5, 5.41) is 0.296. The van der Waals surface area contributed by atoms with Gasteiger partial charge in [0.25, 0.3) is 0 Å². The molecule has 0 bridgehead atoms. The van der Waals surface area contributed by atoms with Gasteiger partial charge in [0.05, 0.1) is 13.2 Å². The van der Waals surface area contributed by atoms with Crippen LogP contribution < -0.4 is 5.73 Å². The standard InChI is InChI=1S/C12H19N3O2S2/c1-2-10-14-11(19-15-10)18-9-7-12(4-3-8(9)13)16-5-6-17-12/h8-9H,2-7,13H2,1H3. The second-order valence-corrected chi connectivity index (χ2v) is 7.24. The van der Waals surface area contributed by atoms with Gasteiger partial charge in [-0.15, -0.1) is 0 Å². The number of nitrogens with two attached hydrogens (primary N) is 1. The van der Waals surface area contributed by atoms with E-state index in [2.05, 4.69) is 16.3 Å². The summed E-state index contributed by atoms with van der Waals surface area (Å²) in [5.74, 6) is 0.534. The van der Waals surface area contributed by atoms with Crippen molar-refractivity contribution in [3.63, 3.8) is 0 Å². The topological polar surface area (TPSA) is 70.3 Å². The lowest BCUT2D eigenvalue weighted by molar-refractivity contribution is -0.176. The lowest BCUT2D eigenvalue weighted by Crippen LogP contribution is -2.47. The molecule has 1 saturated heterocycles. The molecular formula is C12H19N3O2S2. The van der Waals surface area contributed by atoms with Gasteiger partial charge >= 0.3 is 0 Å². The van der Waals surface area contributed by atoms with Crippen molar-refractivity contribution in [1.82, 2.24) is 9.36 Å². The number of nitrogens with zero attached hydrogens (tertiary/aromatic N) is 2. The van der Waals surface area contributed by atoms with Gasteiger partial charge in [0.15, 0.2) is 10.1 Å². The van der Waals surface area contributed by atoms with Gasteiger partial charge < -0.3 is 15.2 Å². The van der Waals surface area contributed by atoms with E-state index in [1.54, 1.807) is 11.8 Å². The molecule has 2 atom stereocenters. The molecule has 7 heteroatoms. The smallest absolute Gasteiger partial charge is 0.170 e. The summed E-state index contributed by atoms with van der Waals surface area (Å²) in [5.41, 5.74) is 6.24. The van der Waals surface area contributed by atoms with E-state index >= 15 is 0 Å². The van der Waals surface area contributed by atoms with Crippen molar-refractivity contribution in [3.05, 3.63) is 5.82 Å². The third kappa shape index (κ3) is 2.95. The van der Waals surface area contributed by atoms with Gasteiger partial charge in [-0.25, -0.2) is 4.98 Å². The summed E-state index contributed by atoms with van der Waals surface area (Å²) in [6.07, 6.45) is 3.57. The van der Waals surface area contributed by atoms with Gasteiger partial charge in [-0.05, 0) is 18.0 Å². The number of ether oxygens (including phenoxy) is 2. The fourth-order valence-electron chi connectivity index (χ4n) is 2.58. The highest BCUT2D eigenvalue weighted by Crippen LogP contribution is 2.42. The number of rotatable bonds is 3. The zero-order chi connectivity index (χ0) is 13.3. The van der Waals surface area contributed by atoms with Crippen LogP contribution in [0.15, 0.2) is 4.34 Å². The quantitative estimate of drug-likeness (QED) is 0.918. The highest BCUT2D eigenvalue weighted by atomic mass is 32.2. The minimum absolute atomic E-state index is 0.178. The molecule has 2 fully saturated rings. The van der Waals surface area contributed by atoms with E-state index in [4.69, 9.17) is 15.2 Å². The van der Waals surface area contributed by atoms with Crippen LogP contribution in [0.5, 0.6) is 0 Å². The molecular weight excluding hydrogens is 282 g/mol. The summed E-state index contributed by atoms with van der Waals surface area (Å²) in [6.45, 7) is 3.47. The first-order valence-electron chi connectivity index (χ1n) is 6.73. The first kappa shape index (κ1) is 13.8. The van der Waals surface area contributed by atoms with Gasteiger partial charge in [-0.1, -0.05) is 18.7 Å². The average molecular weight is 301 g/mol. The molecule has 1 aromatic rings. The van der Waals surface area contributed by atoms with Crippen LogP contribution in [-0.4, -0.2) is 39.7 Å². The maximum atomic E-state index is 6.24. The van der Waals surface area contributed by atoms with Crippen molar-refractivity contribution in [1.29, 1.82) is 0 Å². The number of hydrogen-bond donors (Lipinski definition) is 1. The second kappa shape index (κ2) is 5.65. The Labute approximate surface area is 121 Å². The van der Waals surface area contributed by atoms with E-state index in [0.29, 0.717) is 18.5 Å². The Morgan fingerprint density at radius 1 is 1.47 bits per heavy atom. The summed E-state index contributed by atoms with van der Waals surface area (Å²) in [4.78, 5) is 4.51. The first-order chi connectivity index (χ1) is 9.21. The fraction of sp³-hybridized carbons (Fsp3) is 0.833. The zero-order valence-electron chi connectivity index (χ0n) is 11.0. The van der Waals surface area contributed by atoms with Crippen molar-refractivity contribution in [2.75, 3.05) is 13.2 Å². The molecule has 1 spiro atoms. The third-order valence-corrected chi connectivity index (χ3v) is 5.85. The largest absolute Gasteiger partial charge is 0.347 e. The minimum atomic E-state index is -0.383. The Kier molecular flexibility index (Phi) is 4.09. The van der Waals surface area contributed by atoms with Crippen LogP contribution in [0.25, 0.3) is 0 Å². The van der Waals surface area contributed by atoms with Crippen LogP contribution in [0.1, 0.15) is 32.0 Å². The second-order valence-electron chi connectivity index (χ2n) is 5.00. The number of aryl methyl sites for hydroxylation is 1. The molecule has 0 radical (unpaired) electrons. The highest BCUT2D eigenvalue weighted by molar-refractivity contribution is 8.01. The van der Waals surface area contributed by atoms with Crippen molar-refractivity contribution in [3.8, 4) is 0 Å². The molecule has 2 unspecified atom stereocenters. The van der Waals surface area contributed by atoms with Gasteiger partial charge in [-0.3, -0.25) is 0 Å². The normalized spacial score (nSPS) is 30.0. The molecule has 2 heterocycles. The zero-order valence-corrected chi connectivity index (χ0v) is 12.6. The van der Waals surface area contributed by atoms with E-state index in [9.17, 15) is 0 Å². The van der Waals surface area contributed by atoms with Crippen molar-refractivity contribution in [2.24, 2.45) is 5.73 Å². The Balaban J connectivity index is 1.67. The predicted octanol–water partition coefficient (Wildman–Crippen LogP) is 1.82. The maximum absolute atomic E-state index is 6.24. The highest BCUT2D eigenvalue weighted by Gasteiger charge is 2.44. The molecule has 1 aliphatic heterocycles. The van der Waals surface area contributed by atoms with E-state index in [1.807, 2.05) is 0 Å². The predicted molar refractivity (Wildman–Crippen MR) is 75.4 cm³/mol. The van der Waals surface area contributed by atoms with Crippen molar-refractivity contribution >= 4 is 23.3 Å². The van der Waals surface area contributed by atoms with E-state index in [-0.39, 0.29) is 11.8 Å². The molecule has 106 valence electrons. The lowest BCUT2D eigenvalue weighted by atomic mass is 9.90. The van der Waals surface area contributed by atoms with Crippen molar-refractivity contribution in [2.45, 2.75) is 54.0 Å². The molecule has 1 saturated carbocycles. The number of hydrogen-bond acceptors (Lipinski definition) is 7. The molecule has 0 aromatic carbocycles. The van der Waals surface area contributed by atoms with Gasteiger partial charge in [-0.2, -0.15) is 4.37 Å². The summed E-state index contributed by atoms with van der Waals surface area (Å²) in [7, 11) is 0. The van der Waals surface area contributed by atoms with Crippen LogP contribution in [0.3, 0.4) is 0 Å². The minimum Gasteiger partial charge on any atom is -0.347 e.